The Morgan fingerprint density at radius 2 is 1.56 bits per heavy atom. The van der Waals surface area contributed by atoms with Crippen LogP contribution >= 0.6 is 0 Å². The maximum absolute atomic E-state index is 11.2. The predicted octanol–water partition coefficient (Wildman–Crippen LogP) is 4.84. The van der Waals surface area contributed by atoms with Crippen molar-refractivity contribution < 1.29 is 9.53 Å². The average Bonchev–Trinajstić information content (AvgIpc) is 2.54. The van der Waals surface area contributed by atoms with Gasteiger partial charge in [-0.3, -0.25) is 4.79 Å². The summed E-state index contributed by atoms with van der Waals surface area (Å²) in [5, 5.41) is 6.43. The molecule has 2 N–H and O–H groups in total. The molecule has 0 heterocycles. The Labute approximate surface area is 150 Å². The molecule has 25 heavy (non-hydrogen) atoms. The largest absolute Gasteiger partial charge is 0.491 e. The summed E-state index contributed by atoms with van der Waals surface area (Å²) in [6.45, 7) is 9.83. The Morgan fingerprint density at radius 3 is 2.16 bits per heavy atom. The second-order valence-corrected chi connectivity index (χ2v) is 6.65. The highest BCUT2D eigenvalue weighted by atomic mass is 16.5. The summed E-state index contributed by atoms with van der Waals surface area (Å²) in [7, 11) is 0. The Morgan fingerprint density at radius 1 is 0.920 bits per heavy atom. The zero-order valence-corrected chi connectivity index (χ0v) is 15.7. The number of hydrogen-bond donors (Lipinski definition) is 2. The number of hydrogen-bond acceptors (Lipinski definition) is 3. The van der Waals surface area contributed by atoms with Crippen molar-refractivity contribution in [3.8, 4) is 5.75 Å². The third-order valence-corrected chi connectivity index (χ3v) is 3.96. The molecule has 2 atom stereocenters. The molecule has 2 rings (SSSR count). The normalized spacial score (nSPS) is 13.4. The standard InChI is InChI=1S/C21H28N2O2/c1-14(2)25-21-11-9-18(10-12-21)15(3)22-16(4)19-7-6-8-20(13-19)23-17(5)24/h6-16,22H,1-5H3,(H,23,24). The van der Waals surface area contributed by atoms with Crippen LogP contribution in [0, 0.1) is 0 Å². The molecular weight excluding hydrogens is 312 g/mol. The van der Waals surface area contributed by atoms with Crippen molar-refractivity contribution in [1.29, 1.82) is 0 Å². The van der Waals surface area contributed by atoms with Crippen LogP contribution in [0.1, 0.15) is 57.8 Å². The number of ether oxygens (including phenoxy) is 1. The van der Waals surface area contributed by atoms with Crippen molar-refractivity contribution in [3.05, 3.63) is 59.7 Å². The summed E-state index contributed by atoms with van der Waals surface area (Å²) in [6, 6.07) is 16.5. The molecule has 1 amide bonds. The third kappa shape index (κ3) is 5.91. The molecular formula is C21H28N2O2. The number of amides is 1. The summed E-state index contributed by atoms with van der Waals surface area (Å²) in [5.41, 5.74) is 3.17. The summed E-state index contributed by atoms with van der Waals surface area (Å²) in [4.78, 5) is 11.2. The molecule has 134 valence electrons. The Hall–Kier alpha value is -2.33. The molecule has 0 aliphatic heterocycles. The van der Waals surface area contributed by atoms with Gasteiger partial charge in [0.05, 0.1) is 6.10 Å². The lowest BCUT2D eigenvalue weighted by atomic mass is 10.0. The minimum atomic E-state index is -0.0603. The molecule has 0 radical (unpaired) electrons. The van der Waals surface area contributed by atoms with Crippen molar-refractivity contribution in [2.45, 2.75) is 52.8 Å². The lowest BCUT2D eigenvalue weighted by Crippen LogP contribution is -2.22. The van der Waals surface area contributed by atoms with Crippen LogP contribution in [0.3, 0.4) is 0 Å². The Kier molecular flexibility index (Phi) is 6.59. The molecule has 0 bridgehead atoms. The number of carbonyl (C=O) groups excluding carboxylic acids is 1. The number of anilines is 1. The lowest BCUT2D eigenvalue weighted by molar-refractivity contribution is -0.114. The molecule has 0 aliphatic carbocycles. The van der Waals surface area contributed by atoms with E-state index in [1.807, 2.05) is 44.2 Å². The van der Waals surface area contributed by atoms with E-state index in [-0.39, 0.29) is 24.1 Å². The lowest BCUT2D eigenvalue weighted by Gasteiger charge is -2.21. The van der Waals surface area contributed by atoms with Crippen molar-refractivity contribution in [2.24, 2.45) is 0 Å². The molecule has 4 heteroatoms. The quantitative estimate of drug-likeness (QED) is 0.758. The van der Waals surface area contributed by atoms with E-state index in [4.69, 9.17) is 4.74 Å². The van der Waals surface area contributed by atoms with Gasteiger partial charge in [0.1, 0.15) is 5.75 Å². The van der Waals surface area contributed by atoms with Crippen LogP contribution in [0.2, 0.25) is 0 Å². The van der Waals surface area contributed by atoms with Gasteiger partial charge in [-0.1, -0.05) is 24.3 Å². The van der Waals surface area contributed by atoms with E-state index in [2.05, 4.69) is 42.7 Å². The van der Waals surface area contributed by atoms with Crippen LogP contribution in [-0.2, 0) is 4.79 Å². The zero-order valence-electron chi connectivity index (χ0n) is 15.7. The Bertz CT molecular complexity index is 695. The van der Waals surface area contributed by atoms with Gasteiger partial charge in [-0.25, -0.2) is 0 Å². The predicted molar refractivity (Wildman–Crippen MR) is 103 cm³/mol. The minimum Gasteiger partial charge on any atom is -0.491 e. The van der Waals surface area contributed by atoms with E-state index >= 15 is 0 Å². The van der Waals surface area contributed by atoms with Gasteiger partial charge < -0.3 is 15.4 Å². The van der Waals surface area contributed by atoms with Gasteiger partial charge in [0.2, 0.25) is 5.91 Å². The fourth-order valence-electron chi connectivity index (χ4n) is 2.76. The van der Waals surface area contributed by atoms with Gasteiger partial charge in [-0.05, 0) is 63.1 Å². The van der Waals surface area contributed by atoms with Gasteiger partial charge in [-0.2, -0.15) is 0 Å². The number of nitrogens with one attached hydrogen (secondary N) is 2. The smallest absolute Gasteiger partial charge is 0.221 e. The summed E-state index contributed by atoms with van der Waals surface area (Å²) in [6.07, 6.45) is 0.178. The molecule has 0 saturated heterocycles. The van der Waals surface area contributed by atoms with Crippen molar-refractivity contribution in [3.63, 3.8) is 0 Å². The topological polar surface area (TPSA) is 50.4 Å². The molecule has 0 spiro atoms. The van der Waals surface area contributed by atoms with Crippen LogP contribution in [0.15, 0.2) is 48.5 Å². The number of benzene rings is 2. The fourth-order valence-corrected chi connectivity index (χ4v) is 2.76. The van der Waals surface area contributed by atoms with E-state index in [1.54, 1.807) is 0 Å². The summed E-state index contributed by atoms with van der Waals surface area (Å²) in [5.74, 6) is 0.830. The Balaban J connectivity index is 2.01. The van der Waals surface area contributed by atoms with E-state index in [9.17, 15) is 4.79 Å². The molecule has 2 unspecified atom stereocenters. The van der Waals surface area contributed by atoms with E-state index in [0.717, 1.165) is 17.0 Å². The summed E-state index contributed by atoms with van der Waals surface area (Å²) >= 11 is 0. The van der Waals surface area contributed by atoms with Crippen molar-refractivity contribution >= 4 is 11.6 Å². The van der Waals surface area contributed by atoms with Crippen LogP contribution in [-0.4, -0.2) is 12.0 Å². The molecule has 2 aromatic carbocycles. The highest BCUT2D eigenvalue weighted by Crippen LogP contribution is 2.23. The minimum absolute atomic E-state index is 0.0603. The van der Waals surface area contributed by atoms with E-state index in [0.29, 0.717) is 0 Å². The first-order chi connectivity index (χ1) is 11.8. The zero-order chi connectivity index (χ0) is 18.4. The van der Waals surface area contributed by atoms with Gasteiger partial charge >= 0.3 is 0 Å². The van der Waals surface area contributed by atoms with Crippen LogP contribution in [0.5, 0.6) is 5.75 Å². The summed E-state index contributed by atoms with van der Waals surface area (Å²) < 4.78 is 5.69. The van der Waals surface area contributed by atoms with Crippen molar-refractivity contribution in [2.75, 3.05) is 5.32 Å². The fraction of sp³-hybridized carbons (Fsp3) is 0.381. The monoisotopic (exact) mass is 340 g/mol. The molecule has 0 aromatic heterocycles. The van der Waals surface area contributed by atoms with Gasteiger partial charge in [0.15, 0.2) is 0 Å². The maximum atomic E-state index is 11.2. The molecule has 0 saturated carbocycles. The average molecular weight is 340 g/mol. The highest BCUT2D eigenvalue weighted by molar-refractivity contribution is 5.88. The first-order valence-corrected chi connectivity index (χ1v) is 8.75. The maximum Gasteiger partial charge on any atom is 0.221 e. The third-order valence-electron chi connectivity index (χ3n) is 3.96. The van der Waals surface area contributed by atoms with Gasteiger partial charge in [0, 0.05) is 24.7 Å². The van der Waals surface area contributed by atoms with Crippen molar-refractivity contribution in [1.82, 2.24) is 5.32 Å². The first kappa shape index (κ1) is 19.0. The van der Waals surface area contributed by atoms with Crippen LogP contribution in [0.25, 0.3) is 0 Å². The van der Waals surface area contributed by atoms with Gasteiger partial charge in [0.25, 0.3) is 0 Å². The molecule has 2 aromatic rings. The van der Waals surface area contributed by atoms with E-state index in [1.165, 1.54) is 12.5 Å². The number of carbonyl (C=O) groups is 1. The highest BCUT2D eigenvalue weighted by Gasteiger charge is 2.12. The second-order valence-electron chi connectivity index (χ2n) is 6.65. The number of rotatable bonds is 7. The molecule has 4 nitrogen and oxygen atoms in total. The molecule has 0 fully saturated rings. The van der Waals surface area contributed by atoms with Crippen LogP contribution < -0.4 is 15.4 Å². The van der Waals surface area contributed by atoms with E-state index < -0.39 is 0 Å². The molecule has 0 aliphatic rings. The SMILES string of the molecule is CC(=O)Nc1cccc(C(C)NC(C)c2ccc(OC(C)C)cc2)c1. The van der Waals surface area contributed by atoms with Crippen LogP contribution in [0.4, 0.5) is 5.69 Å². The second kappa shape index (κ2) is 8.67. The first-order valence-electron chi connectivity index (χ1n) is 8.75. The van der Waals surface area contributed by atoms with Gasteiger partial charge in [-0.15, -0.1) is 0 Å².